The fourth-order valence-electron chi connectivity index (χ4n) is 1.39. The van der Waals surface area contributed by atoms with E-state index in [0.29, 0.717) is 5.75 Å². The smallest absolute Gasteiger partial charge is 0.354 e. The molecule has 0 bridgehead atoms. The van der Waals surface area contributed by atoms with Crippen LogP contribution in [0.5, 0.6) is 11.6 Å². The Morgan fingerprint density at radius 2 is 2.11 bits per heavy atom. The Labute approximate surface area is 112 Å². The second-order valence-corrected chi connectivity index (χ2v) is 4.53. The number of pyridine rings is 1. The minimum absolute atomic E-state index is 0.0404. The summed E-state index contributed by atoms with van der Waals surface area (Å²) in [5, 5.41) is 8.83. The summed E-state index contributed by atoms with van der Waals surface area (Å²) in [5.74, 6) is -0.199. The van der Waals surface area contributed by atoms with Crippen LogP contribution in [0.25, 0.3) is 0 Å². The maximum absolute atomic E-state index is 10.8. The largest absolute Gasteiger partial charge is 0.477 e. The SMILES string of the molecule is Cc1cc(Oc2cccc(C(=O)O)n2)ccc1Br. The third-order valence-corrected chi connectivity index (χ3v) is 3.18. The Bertz CT molecular complexity index is 599. The van der Waals surface area contributed by atoms with Crippen molar-refractivity contribution in [3.63, 3.8) is 0 Å². The van der Waals surface area contributed by atoms with Gasteiger partial charge in [0.1, 0.15) is 5.75 Å². The maximum Gasteiger partial charge on any atom is 0.354 e. The number of rotatable bonds is 3. The fourth-order valence-corrected chi connectivity index (χ4v) is 1.64. The van der Waals surface area contributed by atoms with Crippen molar-refractivity contribution in [2.24, 2.45) is 0 Å². The van der Waals surface area contributed by atoms with Gasteiger partial charge >= 0.3 is 5.97 Å². The summed E-state index contributed by atoms with van der Waals surface area (Å²) in [7, 11) is 0. The number of aromatic carboxylic acids is 1. The van der Waals surface area contributed by atoms with Crippen LogP contribution in [0.3, 0.4) is 0 Å². The summed E-state index contributed by atoms with van der Waals surface area (Å²) >= 11 is 3.40. The normalized spacial score (nSPS) is 10.1. The number of hydrogen-bond acceptors (Lipinski definition) is 3. The van der Waals surface area contributed by atoms with E-state index in [1.807, 2.05) is 19.1 Å². The number of ether oxygens (including phenoxy) is 1. The van der Waals surface area contributed by atoms with Gasteiger partial charge in [0.2, 0.25) is 5.88 Å². The van der Waals surface area contributed by atoms with Crippen molar-refractivity contribution in [1.29, 1.82) is 0 Å². The van der Waals surface area contributed by atoms with E-state index in [2.05, 4.69) is 20.9 Å². The number of carbonyl (C=O) groups is 1. The van der Waals surface area contributed by atoms with E-state index in [1.54, 1.807) is 18.2 Å². The first-order chi connectivity index (χ1) is 8.56. The summed E-state index contributed by atoms with van der Waals surface area (Å²) in [6, 6.07) is 10.1. The van der Waals surface area contributed by atoms with E-state index >= 15 is 0 Å². The molecule has 1 heterocycles. The zero-order valence-corrected chi connectivity index (χ0v) is 11.1. The van der Waals surface area contributed by atoms with Crippen molar-refractivity contribution in [1.82, 2.24) is 4.98 Å². The lowest BCUT2D eigenvalue weighted by molar-refractivity contribution is 0.0689. The predicted octanol–water partition coefficient (Wildman–Crippen LogP) is 3.64. The Balaban J connectivity index is 2.25. The van der Waals surface area contributed by atoms with Crippen molar-refractivity contribution in [2.75, 3.05) is 0 Å². The van der Waals surface area contributed by atoms with Crippen LogP contribution in [0.1, 0.15) is 16.1 Å². The molecule has 0 aliphatic carbocycles. The maximum atomic E-state index is 10.8. The monoisotopic (exact) mass is 307 g/mol. The van der Waals surface area contributed by atoms with Crippen molar-refractivity contribution in [2.45, 2.75) is 6.92 Å². The number of aromatic nitrogens is 1. The molecule has 0 atom stereocenters. The fraction of sp³-hybridized carbons (Fsp3) is 0.0769. The second-order valence-electron chi connectivity index (χ2n) is 3.68. The van der Waals surface area contributed by atoms with Crippen molar-refractivity contribution in [3.8, 4) is 11.6 Å². The summed E-state index contributed by atoms with van der Waals surface area (Å²) in [5.41, 5.74) is 0.989. The van der Waals surface area contributed by atoms with Gasteiger partial charge in [0.05, 0.1) is 0 Å². The lowest BCUT2D eigenvalue weighted by Gasteiger charge is -2.06. The van der Waals surface area contributed by atoms with E-state index in [0.717, 1.165) is 10.0 Å². The van der Waals surface area contributed by atoms with Gasteiger partial charge in [-0.3, -0.25) is 0 Å². The molecule has 0 saturated heterocycles. The molecule has 0 amide bonds. The quantitative estimate of drug-likeness (QED) is 0.940. The minimum atomic E-state index is -1.08. The van der Waals surface area contributed by atoms with E-state index in [4.69, 9.17) is 9.84 Å². The Morgan fingerprint density at radius 1 is 1.33 bits per heavy atom. The third-order valence-electron chi connectivity index (χ3n) is 2.29. The van der Waals surface area contributed by atoms with Crippen LogP contribution in [0.4, 0.5) is 0 Å². The molecule has 18 heavy (non-hydrogen) atoms. The number of carboxylic acids is 1. The van der Waals surface area contributed by atoms with E-state index in [1.165, 1.54) is 6.07 Å². The number of halogens is 1. The molecule has 1 aromatic carbocycles. The second kappa shape index (κ2) is 5.18. The van der Waals surface area contributed by atoms with Crippen LogP contribution in [-0.2, 0) is 0 Å². The molecule has 0 radical (unpaired) electrons. The molecular weight excluding hydrogens is 298 g/mol. The average molecular weight is 308 g/mol. The molecule has 0 aliphatic heterocycles. The van der Waals surface area contributed by atoms with E-state index in [9.17, 15) is 4.79 Å². The molecule has 0 spiro atoms. The minimum Gasteiger partial charge on any atom is -0.477 e. The standard InChI is InChI=1S/C13H10BrNO3/c1-8-7-9(5-6-10(8)14)18-12-4-2-3-11(15-12)13(16)17/h2-7H,1H3,(H,16,17). The van der Waals surface area contributed by atoms with Gasteiger partial charge in [-0.05, 0) is 36.8 Å². The van der Waals surface area contributed by atoms with Crippen LogP contribution in [0.2, 0.25) is 0 Å². The van der Waals surface area contributed by atoms with Gasteiger partial charge in [-0.15, -0.1) is 0 Å². The molecular formula is C13H10BrNO3. The first-order valence-corrected chi connectivity index (χ1v) is 6.00. The van der Waals surface area contributed by atoms with Gasteiger partial charge in [-0.2, -0.15) is 0 Å². The van der Waals surface area contributed by atoms with E-state index < -0.39 is 5.97 Å². The molecule has 0 aliphatic rings. The summed E-state index contributed by atoms with van der Waals surface area (Å²) in [6.07, 6.45) is 0. The molecule has 4 nitrogen and oxygen atoms in total. The molecule has 92 valence electrons. The number of nitrogens with zero attached hydrogens (tertiary/aromatic N) is 1. The highest BCUT2D eigenvalue weighted by Crippen LogP contribution is 2.25. The summed E-state index contributed by atoms with van der Waals surface area (Å²) in [4.78, 5) is 14.7. The third kappa shape index (κ3) is 2.87. The highest BCUT2D eigenvalue weighted by Gasteiger charge is 2.07. The molecule has 5 heteroatoms. The zero-order valence-electron chi connectivity index (χ0n) is 9.55. The number of aryl methyl sites for hydroxylation is 1. The summed E-state index contributed by atoms with van der Waals surface area (Å²) in [6.45, 7) is 1.94. The van der Waals surface area contributed by atoms with Gasteiger partial charge in [0, 0.05) is 10.5 Å². The number of benzene rings is 1. The van der Waals surface area contributed by atoms with Gasteiger partial charge in [-0.1, -0.05) is 22.0 Å². The van der Waals surface area contributed by atoms with Gasteiger partial charge in [0.25, 0.3) is 0 Å². The Hall–Kier alpha value is -1.88. The molecule has 0 fully saturated rings. The van der Waals surface area contributed by atoms with E-state index in [-0.39, 0.29) is 11.6 Å². The lowest BCUT2D eigenvalue weighted by Crippen LogP contribution is -2.00. The van der Waals surface area contributed by atoms with Crippen molar-refractivity contribution in [3.05, 3.63) is 52.1 Å². The van der Waals surface area contributed by atoms with Crippen LogP contribution in [0.15, 0.2) is 40.9 Å². The predicted molar refractivity (Wildman–Crippen MR) is 70.1 cm³/mol. The van der Waals surface area contributed by atoms with Gasteiger partial charge in [0.15, 0.2) is 5.69 Å². The van der Waals surface area contributed by atoms with Gasteiger partial charge < -0.3 is 9.84 Å². The zero-order chi connectivity index (χ0) is 13.1. The first-order valence-electron chi connectivity index (χ1n) is 5.20. The molecule has 1 N–H and O–H groups in total. The van der Waals surface area contributed by atoms with Gasteiger partial charge in [-0.25, -0.2) is 9.78 Å². The first kappa shape index (κ1) is 12.6. The topological polar surface area (TPSA) is 59.4 Å². The molecule has 0 saturated carbocycles. The number of hydrogen-bond donors (Lipinski definition) is 1. The average Bonchev–Trinajstić information content (AvgIpc) is 2.34. The number of carboxylic acid groups (broad SMARTS) is 1. The van der Waals surface area contributed by atoms with Crippen LogP contribution < -0.4 is 4.74 Å². The summed E-state index contributed by atoms with van der Waals surface area (Å²) < 4.78 is 6.50. The highest BCUT2D eigenvalue weighted by atomic mass is 79.9. The van der Waals surface area contributed by atoms with Crippen LogP contribution in [-0.4, -0.2) is 16.1 Å². The van der Waals surface area contributed by atoms with Crippen molar-refractivity contribution >= 4 is 21.9 Å². The molecule has 1 aromatic heterocycles. The Kier molecular flexibility index (Phi) is 3.62. The molecule has 2 rings (SSSR count). The molecule has 2 aromatic rings. The lowest BCUT2D eigenvalue weighted by atomic mass is 10.2. The van der Waals surface area contributed by atoms with Crippen molar-refractivity contribution < 1.29 is 14.6 Å². The molecule has 0 unspecified atom stereocenters. The highest BCUT2D eigenvalue weighted by molar-refractivity contribution is 9.10. The van der Waals surface area contributed by atoms with Crippen LogP contribution in [0, 0.1) is 6.92 Å². The van der Waals surface area contributed by atoms with Crippen LogP contribution >= 0.6 is 15.9 Å². The Morgan fingerprint density at radius 3 is 2.78 bits per heavy atom.